The molecule has 3 nitrogen and oxygen atoms in total. The van der Waals surface area contributed by atoms with Gasteiger partial charge in [-0.25, -0.2) is 0 Å². The molecular weight excluding hydrogens is 232 g/mol. The van der Waals surface area contributed by atoms with Gasteiger partial charge in [-0.2, -0.15) is 0 Å². The van der Waals surface area contributed by atoms with Crippen LogP contribution in [0.2, 0.25) is 4.34 Å². The molecule has 0 fully saturated rings. The van der Waals surface area contributed by atoms with E-state index in [2.05, 4.69) is 10.5 Å². The summed E-state index contributed by atoms with van der Waals surface area (Å²) in [6.45, 7) is 3.52. The van der Waals surface area contributed by atoms with E-state index in [0.717, 1.165) is 28.7 Å². The van der Waals surface area contributed by atoms with E-state index in [9.17, 15) is 0 Å². The molecule has 0 aliphatic heterocycles. The van der Waals surface area contributed by atoms with E-state index < -0.39 is 0 Å². The predicted octanol–water partition coefficient (Wildman–Crippen LogP) is 2.99. The molecule has 2 rings (SSSR count). The van der Waals surface area contributed by atoms with Gasteiger partial charge in [-0.15, -0.1) is 11.3 Å². The van der Waals surface area contributed by atoms with Gasteiger partial charge in [-0.05, 0) is 19.1 Å². The van der Waals surface area contributed by atoms with Crippen LogP contribution in [0, 0.1) is 6.92 Å². The average molecular weight is 243 g/mol. The average Bonchev–Trinajstić information content (AvgIpc) is 2.77. The fourth-order valence-corrected chi connectivity index (χ4v) is 2.31. The summed E-state index contributed by atoms with van der Waals surface area (Å²) in [6.07, 6.45) is 1.67. The van der Waals surface area contributed by atoms with Gasteiger partial charge in [-0.1, -0.05) is 16.8 Å². The molecule has 2 aromatic rings. The molecule has 5 heteroatoms. The lowest BCUT2D eigenvalue weighted by Gasteiger charge is -2.00. The molecule has 0 bridgehead atoms. The van der Waals surface area contributed by atoms with E-state index in [-0.39, 0.29) is 0 Å². The number of thiophene rings is 1. The van der Waals surface area contributed by atoms with E-state index >= 15 is 0 Å². The maximum atomic E-state index is 5.83. The number of nitrogens with zero attached hydrogens (tertiary/aromatic N) is 1. The quantitative estimate of drug-likeness (QED) is 0.896. The summed E-state index contributed by atoms with van der Waals surface area (Å²) in [4.78, 5) is 1.23. The highest BCUT2D eigenvalue weighted by molar-refractivity contribution is 7.16. The fourth-order valence-electron chi connectivity index (χ4n) is 1.25. The van der Waals surface area contributed by atoms with Crippen molar-refractivity contribution in [3.05, 3.63) is 38.9 Å². The number of hydrogen-bond acceptors (Lipinski definition) is 4. The third kappa shape index (κ3) is 2.81. The summed E-state index contributed by atoms with van der Waals surface area (Å²) in [7, 11) is 0. The minimum atomic E-state index is 0.769. The summed E-state index contributed by atoms with van der Waals surface area (Å²) in [5.74, 6) is 0. The number of aryl methyl sites for hydroxylation is 1. The van der Waals surface area contributed by atoms with Crippen LogP contribution in [-0.2, 0) is 13.1 Å². The summed E-state index contributed by atoms with van der Waals surface area (Å²) in [5, 5.41) is 7.12. The summed E-state index contributed by atoms with van der Waals surface area (Å²) in [5.41, 5.74) is 2.03. The minimum Gasteiger partial charge on any atom is -0.364 e. The lowest BCUT2D eigenvalue weighted by molar-refractivity contribution is 0.414. The fraction of sp³-hybridized carbons (Fsp3) is 0.300. The molecule has 0 spiro atoms. The van der Waals surface area contributed by atoms with Crippen LogP contribution in [0.5, 0.6) is 0 Å². The van der Waals surface area contributed by atoms with E-state index in [1.165, 1.54) is 4.88 Å². The van der Waals surface area contributed by atoms with Gasteiger partial charge < -0.3 is 9.84 Å². The maximum Gasteiger partial charge on any atom is 0.128 e. The van der Waals surface area contributed by atoms with Crippen molar-refractivity contribution in [3.8, 4) is 0 Å². The maximum absolute atomic E-state index is 5.83. The first-order valence-electron chi connectivity index (χ1n) is 4.60. The van der Waals surface area contributed by atoms with Crippen LogP contribution in [0.25, 0.3) is 0 Å². The molecule has 0 saturated carbocycles. The third-order valence-corrected chi connectivity index (χ3v) is 3.32. The second-order valence-corrected chi connectivity index (χ2v) is 5.03. The monoisotopic (exact) mass is 242 g/mol. The minimum absolute atomic E-state index is 0.769. The van der Waals surface area contributed by atoms with Crippen LogP contribution in [-0.4, -0.2) is 5.16 Å². The molecule has 0 saturated heterocycles. The van der Waals surface area contributed by atoms with Crippen LogP contribution in [0.3, 0.4) is 0 Å². The third-order valence-electron chi connectivity index (χ3n) is 2.09. The number of hydrogen-bond donors (Lipinski definition) is 1. The number of rotatable bonds is 4. The summed E-state index contributed by atoms with van der Waals surface area (Å²) >= 11 is 7.42. The largest absolute Gasteiger partial charge is 0.364 e. The van der Waals surface area contributed by atoms with Crippen molar-refractivity contribution in [2.24, 2.45) is 0 Å². The summed E-state index contributed by atoms with van der Waals surface area (Å²) in [6, 6.07) is 3.94. The van der Waals surface area contributed by atoms with E-state index in [0.29, 0.717) is 0 Å². The Bertz CT molecular complexity index is 438. The zero-order chi connectivity index (χ0) is 10.7. The standard InChI is InChI=1S/C10H11ClN2OS/c1-7-8(6-14-13-7)4-12-5-9-2-3-10(11)15-9/h2-3,6,12H,4-5H2,1H3. The summed E-state index contributed by atoms with van der Waals surface area (Å²) < 4.78 is 5.67. The molecule has 2 aromatic heterocycles. The smallest absolute Gasteiger partial charge is 0.128 e. The first-order chi connectivity index (χ1) is 7.25. The van der Waals surface area contributed by atoms with E-state index in [1.54, 1.807) is 17.6 Å². The van der Waals surface area contributed by atoms with Gasteiger partial charge in [0.2, 0.25) is 0 Å². The van der Waals surface area contributed by atoms with E-state index in [1.807, 2.05) is 19.1 Å². The van der Waals surface area contributed by atoms with Crippen molar-refractivity contribution < 1.29 is 4.52 Å². The molecule has 0 aliphatic carbocycles. The molecule has 1 N–H and O–H groups in total. The highest BCUT2D eigenvalue weighted by Crippen LogP contribution is 2.21. The Hall–Kier alpha value is -0.840. The zero-order valence-corrected chi connectivity index (χ0v) is 9.86. The molecule has 2 heterocycles. The molecule has 0 aromatic carbocycles. The van der Waals surface area contributed by atoms with Crippen LogP contribution in [0.15, 0.2) is 22.9 Å². The van der Waals surface area contributed by atoms with Crippen LogP contribution in [0.1, 0.15) is 16.1 Å². The Labute approximate surface area is 97.0 Å². The van der Waals surface area contributed by atoms with Crippen LogP contribution >= 0.6 is 22.9 Å². The number of nitrogens with one attached hydrogen (secondary N) is 1. The molecule has 0 unspecified atom stereocenters. The molecule has 0 amide bonds. The predicted molar refractivity (Wildman–Crippen MR) is 61.1 cm³/mol. The van der Waals surface area contributed by atoms with Gasteiger partial charge in [-0.3, -0.25) is 0 Å². The lowest BCUT2D eigenvalue weighted by atomic mass is 10.2. The van der Waals surface area contributed by atoms with Crippen LogP contribution < -0.4 is 5.32 Å². The Morgan fingerprint density at radius 3 is 2.93 bits per heavy atom. The zero-order valence-electron chi connectivity index (χ0n) is 8.29. The Balaban J connectivity index is 1.83. The molecule has 15 heavy (non-hydrogen) atoms. The normalized spacial score (nSPS) is 10.8. The molecule has 0 aliphatic rings. The number of halogens is 1. The SMILES string of the molecule is Cc1nocc1CNCc1ccc(Cl)s1. The van der Waals surface area contributed by atoms with Gasteiger partial charge in [0, 0.05) is 23.5 Å². The van der Waals surface area contributed by atoms with Gasteiger partial charge in [0.25, 0.3) is 0 Å². The van der Waals surface area contributed by atoms with Crippen molar-refractivity contribution in [2.45, 2.75) is 20.0 Å². The van der Waals surface area contributed by atoms with Crippen molar-refractivity contribution >= 4 is 22.9 Å². The van der Waals surface area contributed by atoms with Crippen molar-refractivity contribution in [3.63, 3.8) is 0 Å². The number of aromatic nitrogens is 1. The van der Waals surface area contributed by atoms with Gasteiger partial charge >= 0.3 is 0 Å². The molecular formula is C10H11ClN2OS. The van der Waals surface area contributed by atoms with Crippen molar-refractivity contribution in [2.75, 3.05) is 0 Å². The Morgan fingerprint density at radius 1 is 1.47 bits per heavy atom. The second kappa shape index (κ2) is 4.79. The molecule has 0 atom stereocenters. The van der Waals surface area contributed by atoms with E-state index in [4.69, 9.17) is 16.1 Å². The van der Waals surface area contributed by atoms with Gasteiger partial charge in [0.1, 0.15) is 6.26 Å². The first kappa shape index (κ1) is 10.7. The topological polar surface area (TPSA) is 38.1 Å². The highest BCUT2D eigenvalue weighted by Gasteiger charge is 2.02. The van der Waals surface area contributed by atoms with Gasteiger partial charge in [0.15, 0.2) is 0 Å². The lowest BCUT2D eigenvalue weighted by Crippen LogP contribution is -2.11. The van der Waals surface area contributed by atoms with Crippen molar-refractivity contribution in [1.82, 2.24) is 10.5 Å². The second-order valence-electron chi connectivity index (χ2n) is 3.23. The van der Waals surface area contributed by atoms with Crippen molar-refractivity contribution in [1.29, 1.82) is 0 Å². The first-order valence-corrected chi connectivity index (χ1v) is 5.80. The van der Waals surface area contributed by atoms with Gasteiger partial charge in [0.05, 0.1) is 10.0 Å². The van der Waals surface area contributed by atoms with Crippen LogP contribution in [0.4, 0.5) is 0 Å². The highest BCUT2D eigenvalue weighted by atomic mass is 35.5. The Morgan fingerprint density at radius 2 is 2.33 bits per heavy atom. The Kier molecular flexibility index (Phi) is 3.41. The molecule has 80 valence electrons. The molecule has 0 radical (unpaired) electrons.